The molecule has 0 spiro atoms. The van der Waals surface area contributed by atoms with E-state index in [-0.39, 0.29) is 30.4 Å². The van der Waals surface area contributed by atoms with Crippen LogP contribution in [0.3, 0.4) is 0 Å². The van der Waals surface area contributed by atoms with Crippen LogP contribution in [0.15, 0.2) is 59.3 Å². The molecule has 2 aromatic carbocycles. The van der Waals surface area contributed by atoms with Crippen LogP contribution in [0.25, 0.3) is 0 Å². The Balaban J connectivity index is 1.63. The second-order valence-corrected chi connectivity index (χ2v) is 9.59. The van der Waals surface area contributed by atoms with Gasteiger partial charge in [-0.2, -0.15) is 0 Å². The van der Waals surface area contributed by atoms with Crippen molar-refractivity contribution in [2.75, 3.05) is 25.6 Å². The number of nitrogen functional groups attached to an aromatic ring is 1. The van der Waals surface area contributed by atoms with Crippen LogP contribution in [0.4, 0.5) is 5.82 Å². The number of thiol groups is 1. The molecule has 10 nitrogen and oxygen atoms in total. The summed E-state index contributed by atoms with van der Waals surface area (Å²) in [7, 11) is 0. The van der Waals surface area contributed by atoms with E-state index in [4.69, 9.17) is 19.9 Å². The SMILES string of the molecule is C/C(=C(CCO)/[SH]=C(\O)c1ccccc1Oc1ccc2c(c1)OCCO2)N(C=O)Cc1cnc(C)nc1N. The van der Waals surface area contributed by atoms with E-state index in [1.807, 2.05) is 0 Å². The van der Waals surface area contributed by atoms with Crippen molar-refractivity contribution < 1.29 is 29.2 Å². The second kappa shape index (κ2) is 12.5. The maximum Gasteiger partial charge on any atom is 0.214 e. The standard InChI is InChI=1S/C27H30N4O6S/c1-17(31(16-33)15-19-14-29-18(2)30-26(19)28)25(9-10-32)38-27(34)21-5-3-4-6-22(21)37-20-7-8-23-24(13-20)36-12-11-35-23/h3-8,13-14,16,32,34,38H,9-12,15H2,1-2H3,(H2,28,29,30)/b25-17-. The first-order valence-electron chi connectivity index (χ1n) is 11.9. The molecule has 38 heavy (non-hydrogen) atoms. The van der Waals surface area contributed by atoms with Gasteiger partial charge in [0.25, 0.3) is 0 Å². The van der Waals surface area contributed by atoms with E-state index in [1.165, 1.54) is 4.90 Å². The van der Waals surface area contributed by atoms with Crippen LogP contribution in [-0.4, -0.2) is 56.4 Å². The number of aliphatic hydroxyl groups is 2. The second-order valence-electron chi connectivity index (χ2n) is 8.41. The predicted molar refractivity (Wildman–Crippen MR) is 147 cm³/mol. The number of allylic oxidation sites excluding steroid dienone is 1. The summed E-state index contributed by atoms with van der Waals surface area (Å²) in [5, 5.41) is 20.9. The highest BCUT2D eigenvalue weighted by Crippen LogP contribution is 2.36. The van der Waals surface area contributed by atoms with Gasteiger partial charge in [-0.1, -0.05) is 12.1 Å². The van der Waals surface area contributed by atoms with E-state index in [2.05, 4.69) is 9.97 Å². The third-order valence-electron chi connectivity index (χ3n) is 5.79. The molecule has 0 bridgehead atoms. The van der Waals surface area contributed by atoms with Gasteiger partial charge in [-0.05, 0) is 38.1 Å². The van der Waals surface area contributed by atoms with Gasteiger partial charge in [0.2, 0.25) is 6.41 Å². The first-order valence-corrected chi connectivity index (χ1v) is 12.8. The largest absolute Gasteiger partial charge is 0.486 e. The number of aryl methyl sites for hydroxylation is 1. The topological polar surface area (TPSA) is 140 Å². The number of amides is 1. The van der Waals surface area contributed by atoms with Crippen LogP contribution in [-0.2, 0) is 11.3 Å². The summed E-state index contributed by atoms with van der Waals surface area (Å²) in [5.41, 5.74) is 7.65. The molecule has 0 unspecified atom stereocenters. The Morgan fingerprint density at radius 3 is 2.71 bits per heavy atom. The van der Waals surface area contributed by atoms with Gasteiger partial charge >= 0.3 is 0 Å². The highest BCUT2D eigenvalue weighted by molar-refractivity contribution is 8.02. The number of para-hydroxylation sites is 1. The Bertz CT molecular complexity index is 1380. The molecule has 0 saturated heterocycles. The van der Waals surface area contributed by atoms with Crippen LogP contribution >= 0.6 is 11.4 Å². The third kappa shape index (κ3) is 6.49. The van der Waals surface area contributed by atoms with E-state index >= 15 is 0 Å². The lowest BCUT2D eigenvalue weighted by Gasteiger charge is -2.22. The molecule has 1 aliphatic rings. The normalized spacial score (nSPS) is 13.7. The molecule has 0 saturated carbocycles. The average Bonchev–Trinajstić information content (AvgIpc) is 2.92. The van der Waals surface area contributed by atoms with Crippen molar-refractivity contribution in [1.82, 2.24) is 14.9 Å². The fraction of sp³-hybridized carbons (Fsp3) is 0.259. The van der Waals surface area contributed by atoms with Gasteiger partial charge < -0.3 is 35.1 Å². The van der Waals surface area contributed by atoms with Crippen molar-refractivity contribution in [2.24, 2.45) is 0 Å². The maximum atomic E-state index is 12.0. The summed E-state index contributed by atoms with van der Waals surface area (Å²) in [6.07, 6.45) is 2.50. The van der Waals surface area contributed by atoms with Crippen molar-refractivity contribution in [3.63, 3.8) is 0 Å². The lowest BCUT2D eigenvalue weighted by Crippen LogP contribution is -2.22. The lowest BCUT2D eigenvalue weighted by molar-refractivity contribution is -0.116. The van der Waals surface area contributed by atoms with Crippen molar-refractivity contribution in [3.05, 3.63) is 76.2 Å². The Kier molecular flexibility index (Phi) is 8.95. The molecule has 3 aromatic rings. The number of aliphatic hydroxyl groups excluding tert-OH is 2. The third-order valence-corrected chi connectivity index (χ3v) is 7.06. The number of anilines is 1. The highest BCUT2D eigenvalue weighted by Gasteiger charge is 2.16. The lowest BCUT2D eigenvalue weighted by atomic mass is 10.2. The molecule has 200 valence electrons. The quantitative estimate of drug-likeness (QED) is 0.173. The number of fused-ring (bicyclic) bond motifs is 1. The molecule has 0 fully saturated rings. The van der Waals surface area contributed by atoms with Gasteiger partial charge in [0.1, 0.15) is 41.4 Å². The average molecular weight is 539 g/mol. The van der Waals surface area contributed by atoms with Crippen LogP contribution in [0.5, 0.6) is 23.0 Å². The van der Waals surface area contributed by atoms with Crippen molar-refractivity contribution >= 4 is 28.6 Å². The zero-order chi connectivity index (χ0) is 27.1. The minimum atomic E-state index is -0.162. The van der Waals surface area contributed by atoms with Crippen LogP contribution in [0.2, 0.25) is 0 Å². The number of rotatable bonds is 10. The maximum absolute atomic E-state index is 12.0. The minimum Gasteiger partial charge on any atom is -0.486 e. The number of aromatic nitrogens is 2. The van der Waals surface area contributed by atoms with Crippen LogP contribution in [0.1, 0.15) is 30.3 Å². The van der Waals surface area contributed by atoms with Gasteiger partial charge in [0.05, 0.1) is 12.1 Å². The van der Waals surface area contributed by atoms with Crippen LogP contribution < -0.4 is 19.9 Å². The van der Waals surface area contributed by atoms with Gasteiger partial charge in [-0.25, -0.2) is 9.97 Å². The summed E-state index contributed by atoms with van der Waals surface area (Å²) in [6, 6.07) is 12.4. The Morgan fingerprint density at radius 1 is 1.21 bits per heavy atom. The predicted octanol–water partition coefficient (Wildman–Crippen LogP) is 3.70. The summed E-state index contributed by atoms with van der Waals surface area (Å²) in [5.74, 6) is 3.03. The minimum absolute atomic E-state index is 0.00461. The first-order chi connectivity index (χ1) is 18.4. The molecule has 1 amide bonds. The number of carbonyl (C=O) groups is 1. The van der Waals surface area contributed by atoms with Gasteiger partial charge in [-0.15, -0.1) is 11.4 Å². The fourth-order valence-corrected chi connectivity index (χ4v) is 4.85. The number of ether oxygens (including phenoxy) is 3. The van der Waals surface area contributed by atoms with E-state index in [9.17, 15) is 15.0 Å². The number of hydrogen-bond donors (Lipinski definition) is 4. The first kappa shape index (κ1) is 27.1. The monoisotopic (exact) mass is 538 g/mol. The highest BCUT2D eigenvalue weighted by atomic mass is 32.1. The summed E-state index contributed by atoms with van der Waals surface area (Å²) < 4.78 is 17.3. The molecular formula is C27H30N4O6S. The Labute approximate surface area is 224 Å². The fourth-order valence-electron chi connectivity index (χ4n) is 3.78. The van der Waals surface area contributed by atoms with Crippen molar-refractivity contribution in [2.45, 2.75) is 26.8 Å². The van der Waals surface area contributed by atoms with Gasteiger partial charge in [-0.3, -0.25) is 4.79 Å². The van der Waals surface area contributed by atoms with Crippen LogP contribution in [0, 0.1) is 6.92 Å². The summed E-state index contributed by atoms with van der Waals surface area (Å²) in [6.45, 7) is 4.43. The van der Waals surface area contributed by atoms with E-state index < -0.39 is 0 Å². The van der Waals surface area contributed by atoms with E-state index in [0.717, 1.165) is 0 Å². The smallest absolute Gasteiger partial charge is 0.214 e. The summed E-state index contributed by atoms with van der Waals surface area (Å²) in [4.78, 5) is 22.4. The van der Waals surface area contributed by atoms with Gasteiger partial charge in [0.15, 0.2) is 11.5 Å². The summed E-state index contributed by atoms with van der Waals surface area (Å²) >= 11 is 0.411. The molecule has 0 radical (unpaired) electrons. The molecule has 0 aliphatic carbocycles. The molecular weight excluding hydrogens is 508 g/mol. The molecule has 0 atom stereocenters. The molecule has 4 rings (SSSR count). The Hall–Kier alpha value is -3.93. The van der Waals surface area contributed by atoms with Crippen molar-refractivity contribution in [1.29, 1.82) is 0 Å². The molecule has 11 heteroatoms. The molecule has 1 aromatic heterocycles. The number of hydrogen-bond acceptors (Lipinski definition) is 8. The van der Waals surface area contributed by atoms with E-state index in [1.54, 1.807) is 62.5 Å². The number of benzene rings is 2. The van der Waals surface area contributed by atoms with Crippen molar-refractivity contribution in [3.8, 4) is 23.0 Å². The number of carbonyl (C=O) groups excluding carboxylic acids is 1. The van der Waals surface area contributed by atoms with E-state index in [0.29, 0.717) is 81.5 Å². The van der Waals surface area contributed by atoms with Gasteiger partial charge in [0, 0.05) is 41.5 Å². The molecule has 4 N–H and O–H groups in total. The number of nitrogens with zero attached hydrogens (tertiary/aromatic N) is 3. The number of nitrogens with two attached hydrogens (primary N) is 1. The molecule has 2 heterocycles. The Morgan fingerprint density at radius 2 is 1.97 bits per heavy atom. The zero-order valence-corrected chi connectivity index (χ0v) is 22.0. The molecule has 1 aliphatic heterocycles. The zero-order valence-electron chi connectivity index (χ0n) is 21.1.